The predicted molar refractivity (Wildman–Crippen MR) is 64.2 cm³/mol. The molecule has 3 atom stereocenters. The lowest BCUT2D eigenvalue weighted by Crippen LogP contribution is -2.29. The van der Waals surface area contributed by atoms with E-state index in [-0.39, 0.29) is 4.49 Å². The molecule has 0 saturated carbocycles. The maximum absolute atomic E-state index is 5.83. The summed E-state index contributed by atoms with van der Waals surface area (Å²) in [6.07, 6.45) is 1.36. The van der Waals surface area contributed by atoms with E-state index in [9.17, 15) is 0 Å². The van der Waals surface area contributed by atoms with Crippen LogP contribution in [0.4, 0.5) is 0 Å². The number of rotatable bonds is 4. The van der Waals surface area contributed by atoms with Gasteiger partial charge in [0.05, 0.1) is 16.1 Å². The summed E-state index contributed by atoms with van der Waals surface area (Å²) in [4.78, 5) is -0.798. The molecule has 0 aliphatic heterocycles. The first kappa shape index (κ1) is 14.8. The van der Waals surface area contributed by atoms with E-state index in [0.717, 1.165) is 0 Å². The van der Waals surface area contributed by atoms with Crippen molar-refractivity contribution in [2.24, 2.45) is 0 Å². The number of hydrogen-bond acceptors (Lipinski definition) is 0. The van der Waals surface area contributed by atoms with Crippen molar-refractivity contribution in [3.63, 3.8) is 0 Å². The molecule has 0 aliphatic carbocycles. The largest absolute Gasteiger partial charge is 0.125 e. The standard InChI is InChI=1S/C6H5Cl7/c7-2(1-3(8)9)4(10)5(11)6(12)13/h1-2,4-6H. The van der Waals surface area contributed by atoms with Gasteiger partial charge < -0.3 is 0 Å². The fraction of sp³-hybridized carbons (Fsp3) is 0.667. The van der Waals surface area contributed by atoms with Gasteiger partial charge in [0.1, 0.15) is 9.33 Å². The van der Waals surface area contributed by atoms with Gasteiger partial charge in [-0.1, -0.05) is 23.2 Å². The second-order valence-corrected chi connectivity index (χ2v) is 5.81. The lowest BCUT2D eigenvalue weighted by atomic mass is 10.2. The van der Waals surface area contributed by atoms with Crippen LogP contribution in [0.1, 0.15) is 0 Å². The van der Waals surface area contributed by atoms with Crippen LogP contribution in [0.15, 0.2) is 10.6 Å². The molecule has 0 radical (unpaired) electrons. The summed E-state index contributed by atoms with van der Waals surface area (Å²) in [5.41, 5.74) is 0. The highest BCUT2D eigenvalue weighted by Gasteiger charge is 2.28. The molecule has 0 rings (SSSR count). The predicted octanol–water partition coefficient (Wildman–Crippen LogP) is 4.93. The Balaban J connectivity index is 4.25. The Morgan fingerprint density at radius 2 is 1.31 bits per heavy atom. The van der Waals surface area contributed by atoms with Crippen molar-refractivity contribution in [1.29, 1.82) is 0 Å². The fourth-order valence-electron chi connectivity index (χ4n) is 0.527. The van der Waals surface area contributed by atoms with Gasteiger partial charge in [0.15, 0.2) is 0 Å². The summed E-state index contributed by atoms with van der Waals surface area (Å²) < 4.78 is 0.0233. The van der Waals surface area contributed by atoms with Crippen molar-refractivity contribution < 1.29 is 0 Å². The smallest absolute Gasteiger partial charge is 0.119 e. The van der Waals surface area contributed by atoms with Gasteiger partial charge in [-0.15, -0.1) is 58.0 Å². The summed E-state index contributed by atoms with van der Waals surface area (Å²) in [5.74, 6) is 0. The number of hydrogen-bond donors (Lipinski definition) is 0. The summed E-state index contributed by atoms with van der Waals surface area (Å²) >= 11 is 39.1. The molecule has 0 nitrogen and oxygen atoms in total. The molecule has 0 heterocycles. The minimum absolute atomic E-state index is 0.0233. The molecule has 0 amide bonds. The quantitative estimate of drug-likeness (QED) is 0.643. The number of allylic oxidation sites excluding steroid dienone is 1. The van der Waals surface area contributed by atoms with Crippen LogP contribution in [0.2, 0.25) is 0 Å². The van der Waals surface area contributed by atoms with Crippen LogP contribution in [0.5, 0.6) is 0 Å². The molecule has 0 aromatic carbocycles. The molecule has 0 spiro atoms. The highest BCUT2D eigenvalue weighted by atomic mass is 35.5. The van der Waals surface area contributed by atoms with Crippen molar-refractivity contribution in [3.8, 4) is 0 Å². The summed E-state index contributed by atoms with van der Waals surface area (Å²) in [7, 11) is 0. The van der Waals surface area contributed by atoms with Gasteiger partial charge in [0, 0.05) is 0 Å². The maximum atomic E-state index is 5.83. The zero-order chi connectivity index (χ0) is 10.6. The number of halogens is 7. The Bertz CT molecular complexity index is 174. The van der Waals surface area contributed by atoms with Crippen molar-refractivity contribution in [2.75, 3.05) is 0 Å². The molecule has 0 aliphatic rings. The van der Waals surface area contributed by atoms with Crippen LogP contribution in [-0.2, 0) is 0 Å². The van der Waals surface area contributed by atoms with E-state index in [1.165, 1.54) is 6.08 Å². The Kier molecular flexibility index (Phi) is 8.08. The molecule has 0 N–H and O–H groups in total. The monoisotopic (exact) mass is 322 g/mol. The highest BCUT2D eigenvalue weighted by molar-refractivity contribution is 6.56. The topological polar surface area (TPSA) is 0 Å². The minimum atomic E-state index is -0.798. The molecular formula is C6H5Cl7. The molecule has 13 heavy (non-hydrogen) atoms. The molecule has 3 unspecified atom stereocenters. The molecule has 7 heteroatoms. The van der Waals surface area contributed by atoms with Crippen LogP contribution in [0.3, 0.4) is 0 Å². The zero-order valence-corrected chi connectivity index (χ0v) is 11.3. The van der Waals surface area contributed by atoms with Crippen LogP contribution < -0.4 is 0 Å². The zero-order valence-electron chi connectivity index (χ0n) is 6.03. The average molecular weight is 325 g/mol. The molecule has 0 bridgehead atoms. The molecule has 78 valence electrons. The van der Waals surface area contributed by atoms with Gasteiger partial charge >= 0.3 is 0 Å². The van der Waals surface area contributed by atoms with Gasteiger partial charge in [0.25, 0.3) is 0 Å². The minimum Gasteiger partial charge on any atom is -0.119 e. The van der Waals surface area contributed by atoms with Crippen LogP contribution in [0, 0.1) is 0 Å². The molecular weight excluding hydrogens is 320 g/mol. The Morgan fingerprint density at radius 3 is 1.62 bits per heavy atom. The second-order valence-electron chi connectivity index (χ2n) is 2.12. The van der Waals surface area contributed by atoms with Crippen molar-refractivity contribution in [3.05, 3.63) is 10.6 Å². The normalized spacial score (nSPS) is 18.2. The molecule has 0 aromatic rings. The fourth-order valence-corrected chi connectivity index (χ4v) is 2.12. The van der Waals surface area contributed by atoms with E-state index >= 15 is 0 Å². The van der Waals surface area contributed by atoms with Gasteiger partial charge in [-0.2, -0.15) is 0 Å². The molecule has 0 saturated heterocycles. The lowest BCUT2D eigenvalue weighted by molar-refractivity contribution is 0.820. The molecule has 0 fully saturated rings. The lowest BCUT2D eigenvalue weighted by Gasteiger charge is -2.19. The van der Waals surface area contributed by atoms with E-state index in [1.807, 2.05) is 0 Å². The first-order chi connectivity index (χ1) is 5.86. The Hall–Kier alpha value is 1.77. The Morgan fingerprint density at radius 1 is 0.846 bits per heavy atom. The van der Waals surface area contributed by atoms with E-state index in [0.29, 0.717) is 0 Å². The van der Waals surface area contributed by atoms with Gasteiger partial charge in [-0.3, -0.25) is 0 Å². The third-order valence-electron chi connectivity index (χ3n) is 1.13. The van der Waals surface area contributed by atoms with Crippen molar-refractivity contribution in [1.82, 2.24) is 0 Å². The third-order valence-corrected chi connectivity index (χ3v) is 3.91. The second kappa shape index (κ2) is 7.11. The highest BCUT2D eigenvalue weighted by Crippen LogP contribution is 2.28. The number of alkyl halides is 5. The average Bonchev–Trinajstić information content (AvgIpc) is 2.00. The van der Waals surface area contributed by atoms with Crippen LogP contribution >= 0.6 is 81.2 Å². The summed E-state index contributed by atoms with van der Waals surface area (Å²) in [6.45, 7) is 0. The first-order valence-corrected chi connectivity index (χ1v) is 6.03. The summed E-state index contributed by atoms with van der Waals surface area (Å²) in [6, 6.07) is 0. The van der Waals surface area contributed by atoms with E-state index in [1.54, 1.807) is 0 Å². The summed E-state index contributed by atoms with van der Waals surface area (Å²) in [5, 5.41) is -1.93. The van der Waals surface area contributed by atoms with Crippen molar-refractivity contribution >= 4 is 81.2 Å². The van der Waals surface area contributed by atoms with Crippen molar-refractivity contribution in [2.45, 2.75) is 21.0 Å². The van der Waals surface area contributed by atoms with Crippen LogP contribution in [-0.4, -0.2) is 21.0 Å². The molecule has 0 aromatic heterocycles. The Labute approximate surface area is 112 Å². The SMILES string of the molecule is ClC(Cl)=CC(Cl)C(Cl)C(Cl)C(Cl)Cl. The van der Waals surface area contributed by atoms with E-state index in [4.69, 9.17) is 81.2 Å². The van der Waals surface area contributed by atoms with Gasteiger partial charge in [-0.05, 0) is 6.08 Å². The van der Waals surface area contributed by atoms with E-state index in [2.05, 4.69) is 0 Å². The van der Waals surface area contributed by atoms with Gasteiger partial charge in [-0.25, -0.2) is 0 Å². The third kappa shape index (κ3) is 6.04. The van der Waals surface area contributed by atoms with E-state index < -0.39 is 21.0 Å². The maximum Gasteiger partial charge on any atom is 0.125 e. The first-order valence-electron chi connectivity index (χ1n) is 3.09. The van der Waals surface area contributed by atoms with Gasteiger partial charge in [0.2, 0.25) is 0 Å². The van der Waals surface area contributed by atoms with Crippen LogP contribution in [0.25, 0.3) is 0 Å².